The summed E-state index contributed by atoms with van der Waals surface area (Å²) in [7, 11) is 0. The van der Waals surface area contributed by atoms with E-state index in [4.69, 9.17) is 9.97 Å². The molecule has 262 valence electrons. The Morgan fingerprint density at radius 2 is 0.804 bits per heavy atom. The third-order valence-corrected chi connectivity index (χ3v) is 11.0. The summed E-state index contributed by atoms with van der Waals surface area (Å²) in [6.45, 7) is 0. The van der Waals surface area contributed by atoms with Crippen LogP contribution < -0.4 is 0 Å². The van der Waals surface area contributed by atoms with Crippen LogP contribution >= 0.6 is 0 Å². The van der Waals surface area contributed by atoms with E-state index in [0.29, 0.717) is 0 Å². The van der Waals surface area contributed by atoms with Crippen LogP contribution in [0, 0.1) is 0 Å². The highest BCUT2D eigenvalue weighted by atomic mass is 15.0. The summed E-state index contributed by atoms with van der Waals surface area (Å²) >= 11 is 0. The molecule has 4 heterocycles. The van der Waals surface area contributed by atoms with Gasteiger partial charge in [0.05, 0.1) is 39.0 Å². The van der Waals surface area contributed by atoms with Gasteiger partial charge in [-0.3, -0.25) is 4.98 Å². The quantitative estimate of drug-likeness (QED) is 0.172. The minimum absolute atomic E-state index is 0.936. The minimum Gasteiger partial charge on any atom is -0.309 e. The molecular formula is C52H34N4. The molecule has 4 aromatic heterocycles. The van der Waals surface area contributed by atoms with Crippen molar-refractivity contribution >= 4 is 43.7 Å². The third kappa shape index (κ3) is 5.31. The molecular weight excluding hydrogens is 681 g/mol. The van der Waals surface area contributed by atoms with Crippen molar-refractivity contribution < 1.29 is 0 Å². The number of hydrogen-bond acceptors (Lipinski definition) is 2. The van der Waals surface area contributed by atoms with Gasteiger partial charge in [-0.25, -0.2) is 4.98 Å². The number of para-hydroxylation sites is 2. The van der Waals surface area contributed by atoms with Crippen LogP contribution in [0.2, 0.25) is 0 Å². The first-order chi connectivity index (χ1) is 27.8. The molecule has 0 N–H and O–H groups in total. The van der Waals surface area contributed by atoms with Crippen molar-refractivity contribution in [1.82, 2.24) is 19.1 Å². The summed E-state index contributed by atoms with van der Waals surface area (Å²) in [5.74, 6) is 0. The van der Waals surface area contributed by atoms with E-state index in [2.05, 4.69) is 197 Å². The Hall–Kier alpha value is -7.56. The van der Waals surface area contributed by atoms with Gasteiger partial charge in [-0.05, 0) is 95.1 Å². The van der Waals surface area contributed by atoms with E-state index in [0.717, 1.165) is 72.5 Å². The van der Waals surface area contributed by atoms with Gasteiger partial charge < -0.3 is 9.13 Å². The summed E-state index contributed by atoms with van der Waals surface area (Å²) in [4.78, 5) is 10.1. The monoisotopic (exact) mass is 714 g/mol. The number of hydrogen-bond donors (Lipinski definition) is 0. The van der Waals surface area contributed by atoms with Gasteiger partial charge in [0.2, 0.25) is 0 Å². The van der Waals surface area contributed by atoms with E-state index < -0.39 is 0 Å². The van der Waals surface area contributed by atoms with Crippen molar-refractivity contribution in [2.24, 2.45) is 0 Å². The van der Waals surface area contributed by atoms with Gasteiger partial charge in [0.15, 0.2) is 0 Å². The van der Waals surface area contributed by atoms with Gasteiger partial charge in [-0.2, -0.15) is 0 Å². The van der Waals surface area contributed by atoms with Gasteiger partial charge in [-0.15, -0.1) is 0 Å². The van der Waals surface area contributed by atoms with Crippen LogP contribution in [0.3, 0.4) is 0 Å². The second-order valence-corrected chi connectivity index (χ2v) is 14.3. The predicted molar refractivity (Wildman–Crippen MR) is 232 cm³/mol. The highest BCUT2D eigenvalue weighted by molar-refractivity contribution is 6.11. The van der Waals surface area contributed by atoms with Crippen LogP contribution in [0.5, 0.6) is 0 Å². The molecule has 0 fully saturated rings. The highest BCUT2D eigenvalue weighted by Crippen LogP contribution is 2.38. The number of aromatic nitrogens is 4. The Morgan fingerprint density at radius 3 is 1.52 bits per heavy atom. The standard InChI is InChI=1S/C52H34N4/c1-4-13-35(14-5-1)40-31-46(36-15-6-2-7-16-36)54-47(32-40)37-22-26-42(27-23-37)56-49-21-12-30-53-52(49)45-29-25-39(34-51(45)56)38-24-28-44-43-19-10-11-20-48(43)55(50(44)33-38)41-17-8-3-9-18-41/h1-34H. The number of rotatable bonds is 6. The van der Waals surface area contributed by atoms with Crippen LogP contribution in [0.4, 0.5) is 0 Å². The Kier molecular flexibility index (Phi) is 7.46. The molecule has 0 aliphatic rings. The highest BCUT2D eigenvalue weighted by Gasteiger charge is 2.17. The lowest BCUT2D eigenvalue weighted by Gasteiger charge is -2.12. The van der Waals surface area contributed by atoms with Crippen LogP contribution in [0.15, 0.2) is 206 Å². The normalized spacial score (nSPS) is 11.6. The molecule has 11 rings (SSSR count). The molecule has 11 aromatic rings. The first-order valence-electron chi connectivity index (χ1n) is 19.0. The average molecular weight is 715 g/mol. The number of nitrogens with zero attached hydrogens (tertiary/aromatic N) is 4. The molecule has 0 atom stereocenters. The maximum absolute atomic E-state index is 5.18. The Bertz CT molecular complexity index is 3160. The zero-order valence-corrected chi connectivity index (χ0v) is 30.4. The maximum atomic E-state index is 5.18. The molecule has 0 unspecified atom stereocenters. The van der Waals surface area contributed by atoms with Gasteiger partial charge in [0, 0.05) is 44.9 Å². The van der Waals surface area contributed by atoms with E-state index in [1.165, 1.54) is 27.4 Å². The number of fused-ring (bicyclic) bond motifs is 6. The Balaban J connectivity index is 1.04. The maximum Gasteiger partial charge on any atom is 0.0963 e. The molecule has 4 heteroatoms. The van der Waals surface area contributed by atoms with Crippen LogP contribution in [0.25, 0.3) is 99.9 Å². The molecule has 0 radical (unpaired) electrons. The van der Waals surface area contributed by atoms with Gasteiger partial charge in [-0.1, -0.05) is 127 Å². The van der Waals surface area contributed by atoms with Crippen molar-refractivity contribution in [3.05, 3.63) is 206 Å². The first-order valence-corrected chi connectivity index (χ1v) is 19.0. The SMILES string of the molecule is c1ccc(-c2cc(-c3ccccc3)nc(-c3ccc(-n4c5cc(-c6ccc7c8ccccc8n(-c8ccccc8)c7c6)ccc5c5ncccc54)cc3)c2)cc1. The van der Waals surface area contributed by atoms with Gasteiger partial charge in [0.25, 0.3) is 0 Å². The predicted octanol–water partition coefficient (Wildman–Crippen LogP) is 13.3. The Morgan fingerprint density at radius 1 is 0.304 bits per heavy atom. The molecule has 0 saturated heterocycles. The second kappa shape index (κ2) is 13.1. The van der Waals surface area contributed by atoms with Crippen LogP contribution in [-0.4, -0.2) is 19.1 Å². The second-order valence-electron chi connectivity index (χ2n) is 14.3. The van der Waals surface area contributed by atoms with Gasteiger partial charge >= 0.3 is 0 Å². The van der Waals surface area contributed by atoms with Crippen molar-refractivity contribution in [1.29, 1.82) is 0 Å². The van der Waals surface area contributed by atoms with E-state index >= 15 is 0 Å². The molecule has 56 heavy (non-hydrogen) atoms. The minimum atomic E-state index is 0.936. The van der Waals surface area contributed by atoms with Crippen molar-refractivity contribution in [3.63, 3.8) is 0 Å². The average Bonchev–Trinajstić information content (AvgIpc) is 3.79. The van der Waals surface area contributed by atoms with E-state index in [-0.39, 0.29) is 0 Å². The van der Waals surface area contributed by atoms with E-state index in [1.54, 1.807) is 0 Å². The summed E-state index contributed by atoms with van der Waals surface area (Å²) in [6.07, 6.45) is 1.88. The number of pyridine rings is 2. The zero-order valence-electron chi connectivity index (χ0n) is 30.4. The fourth-order valence-corrected chi connectivity index (χ4v) is 8.31. The largest absolute Gasteiger partial charge is 0.309 e. The Labute approximate surface area is 324 Å². The molecule has 0 amide bonds. The van der Waals surface area contributed by atoms with Crippen molar-refractivity contribution in [2.75, 3.05) is 0 Å². The molecule has 0 bridgehead atoms. The van der Waals surface area contributed by atoms with E-state index in [1.807, 2.05) is 18.3 Å². The van der Waals surface area contributed by atoms with Crippen LogP contribution in [-0.2, 0) is 0 Å². The summed E-state index contributed by atoms with van der Waals surface area (Å²) in [5, 5.41) is 3.62. The third-order valence-electron chi connectivity index (χ3n) is 11.0. The van der Waals surface area contributed by atoms with Crippen LogP contribution in [0.1, 0.15) is 0 Å². The molecule has 0 saturated carbocycles. The summed E-state index contributed by atoms with van der Waals surface area (Å²) in [6, 6.07) is 71.3. The lowest BCUT2D eigenvalue weighted by Crippen LogP contribution is -1.95. The van der Waals surface area contributed by atoms with Crippen molar-refractivity contribution in [2.45, 2.75) is 0 Å². The number of benzene rings is 7. The smallest absolute Gasteiger partial charge is 0.0963 e. The molecule has 4 nitrogen and oxygen atoms in total. The fraction of sp³-hybridized carbons (Fsp3) is 0. The summed E-state index contributed by atoms with van der Waals surface area (Å²) in [5.41, 5.74) is 16.5. The lowest BCUT2D eigenvalue weighted by atomic mass is 10.00. The van der Waals surface area contributed by atoms with Gasteiger partial charge in [0.1, 0.15) is 0 Å². The lowest BCUT2D eigenvalue weighted by molar-refractivity contribution is 1.17. The fourth-order valence-electron chi connectivity index (χ4n) is 8.31. The topological polar surface area (TPSA) is 35.6 Å². The molecule has 0 aliphatic heterocycles. The van der Waals surface area contributed by atoms with E-state index in [9.17, 15) is 0 Å². The molecule has 7 aromatic carbocycles. The molecule has 0 aliphatic carbocycles. The van der Waals surface area contributed by atoms with Crippen molar-refractivity contribution in [3.8, 4) is 56.1 Å². The first kappa shape index (κ1) is 31.9. The summed E-state index contributed by atoms with van der Waals surface area (Å²) < 4.78 is 4.72. The molecule has 0 spiro atoms. The zero-order chi connectivity index (χ0) is 37.0.